The van der Waals surface area contributed by atoms with Crippen LogP contribution in [0.15, 0.2) is 243 Å². The van der Waals surface area contributed by atoms with Crippen LogP contribution in [0.5, 0.6) is 11.5 Å². The van der Waals surface area contributed by atoms with Crippen LogP contribution in [0.3, 0.4) is 0 Å². The topological polar surface area (TPSA) is 18.5 Å². The van der Waals surface area contributed by atoms with E-state index < -0.39 is 0 Å². The van der Waals surface area contributed by atoms with E-state index in [0.717, 1.165) is 56.0 Å². The van der Waals surface area contributed by atoms with Crippen molar-refractivity contribution in [3.8, 4) is 11.5 Å². The molecule has 0 unspecified atom stereocenters. The summed E-state index contributed by atoms with van der Waals surface area (Å²) in [6.07, 6.45) is 8.43. The molecule has 0 radical (unpaired) electrons. The fourth-order valence-electron chi connectivity index (χ4n) is 8.55. The number of benzene rings is 9. The van der Waals surface area contributed by atoms with E-state index in [4.69, 9.17) is 9.47 Å². The van der Waals surface area contributed by atoms with E-state index in [2.05, 4.69) is 255 Å². The van der Waals surface area contributed by atoms with Crippen molar-refractivity contribution in [2.24, 2.45) is 0 Å². The number of methoxy groups -OCH3 is 2. The molecule has 0 bridgehead atoms. The molecule has 0 aliphatic rings. The Morgan fingerprint density at radius 2 is 0.470 bits per heavy atom. The molecule has 0 saturated carbocycles. The quantitative estimate of drug-likeness (QED) is 0.102. The van der Waals surface area contributed by atoms with Crippen LogP contribution in [0.2, 0.25) is 0 Å². The third kappa shape index (κ3) is 9.85. The highest BCUT2D eigenvalue weighted by Crippen LogP contribution is 2.39. The van der Waals surface area contributed by atoms with Crippen molar-refractivity contribution in [3.05, 3.63) is 309 Å². The van der Waals surface area contributed by atoms with E-state index in [0.29, 0.717) is 0 Å². The number of hydrogen-bond donors (Lipinski definition) is 0. The maximum Gasteiger partial charge on any atom is 0.126 e. The molecular weight excluding hydrogens is 801 g/mol. The molecule has 0 fully saturated rings. The van der Waals surface area contributed by atoms with Gasteiger partial charge in [-0.25, -0.2) is 0 Å². The molecule has 0 atom stereocenters. The van der Waals surface area contributed by atoms with E-state index >= 15 is 0 Å². The Labute approximate surface area is 389 Å². The van der Waals surface area contributed by atoms with Crippen LogP contribution in [-0.2, 0) is 0 Å². The van der Waals surface area contributed by atoms with Crippen molar-refractivity contribution in [2.75, 3.05) is 14.2 Å². The molecule has 318 valence electrons. The van der Waals surface area contributed by atoms with Gasteiger partial charge in [0.15, 0.2) is 0 Å². The summed E-state index contributed by atoms with van der Waals surface area (Å²) in [7, 11) is 3.43. The molecular formula is C64H50O2. The first-order valence-electron chi connectivity index (χ1n) is 22.3. The molecule has 9 aromatic rings. The largest absolute Gasteiger partial charge is 0.496 e. The summed E-state index contributed by atoms with van der Waals surface area (Å²) in [5.74, 6) is 1.52. The van der Waals surface area contributed by atoms with Crippen molar-refractivity contribution in [1.82, 2.24) is 0 Å². The summed E-state index contributed by atoms with van der Waals surface area (Å²) in [6, 6.07) is 85.6. The van der Waals surface area contributed by atoms with Gasteiger partial charge in [-0.05, 0) is 90.1 Å². The SMILES string of the molecule is COc1cc(/C=C/c2ccc(C(=C(c3ccccc3)c3ccccc3)c3ccccc3)cc2)c(OC)cc1/C=C/c1ccc(C(=C(c2ccccc2)c2ccccc2)c2ccccc2)cc1. The Kier molecular flexibility index (Phi) is 13.5. The van der Waals surface area contributed by atoms with E-state index in [-0.39, 0.29) is 0 Å². The molecule has 2 heteroatoms. The third-order valence-electron chi connectivity index (χ3n) is 11.8. The van der Waals surface area contributed by atoms with Crippen LogP contribution >= 0.6 is 0 Å². The first kappa shape index (κ1) is 42.8. The third-order valence-corrected chi connectivity index (χ3v) is 11.8. The van der Waals surface area contributed by atoms with Gasteiger partial charge in [0.25, 0.3) is 0 Å². The second-order valence-corrected chi connectivity index (χ2v) is 15.9. The highest BCUT2D eigenvalue weighted by molar-refractivity contribution is 6.05. The Bertz CT molecular complexity index is 2810. The molecule has 0 heterocycles. The molecule has 0 N–H and O–H groups in total. The summed E-state index contributed by atoms with van der Waals surface area (Å²) in [4.78, 5) is 0. The fourth-order valence-corrected chi connectivity index (χ4v) is 8.55. The van der Waals surface area contributed by atoms with Crippen molar-refractivity contribution < 1.29 is 9.47 Å². The Balaban J connectivity index is 1.00. The lowest BCUT2D eigenvalue weighted by atomic mass is 9.85. The summed E-state index contributed by atoms with van der Waals surface area (Å²) < 4.78 is 11.9. The minimum Gasteiger partial charge on any atom is -0.496 e. The van der Waals surface area contributed by atoms with Crippen LogP contribution in [-0.4, -0.2) is 14.2 Å². The maximum absolute atomic E-state index is 5.96. The Hall–Kier alpha value is -8.46. The normalized spacial score (nSPS) is 11.1. The number of hydrogen-bond acceptors (Lipinski definition) is 2. The number of rotatable bonds is 14. The molecule has 2 nitrogen and oxygen atoms in total. The monoisotopic (exact) mass is 850 g/mol. The summed E-state index contributed by atoms with van der Waals surface area (Å²) >= 11 is 0. The first-order valence-corrected chi connectivity index (χ1v) is 22.3. The average Bonchev–Trinajstić information content (AvgIpc) is 3.40. The predicted molar refractivity (Wildman–Crippen MR) is 279 cm³/mol. The van der Waals surface area contributed by atoms with E-state index in [1.54, 1.807) is 14.2 Å². The molecule has 0 spiro atoms. The second-order valence-electron chi connectivity index (χ2n) is 15.9. The molecule has 66 heavy (non-hydrogen) atoms. The van der Waals surface area contributed by atoms with Crippen LogP contribution in [0.1, 0.15) is 66.8 Å². The van der Waals surface area contributed by atoms with E-state index in [9.17, 15) is 0 Å². The van der Waals surface area contributed by atoms with Gasteiger partial charge in [0, 0.05) is 11.1 Å². The molecule has 9 aromatic carbocycles. The zero-order chi connectivity index (χ0) is 44.9. The maximum atomic E-state index is 5.96. The van der Waals surface area contributed by atoms with Gasteiger partial charge < -0.3 is 9.47 Å². The van der Waals surface area contributed by atoms with Gasteiger partial charge in [-0.2, -0.15) is 0 Å². The zero-order valence-electron chi connectivity index (χ0n) is 37.2. The van der Waals surface area contributed by atoms with E-state index in [1.807, 2.05) is 12.1 Å². The van der Waals surface area contributed by atoms with Crippen LogP contribution in [0.4, 0.5) is 0 Å². The fraction of sp³-hybridized carbons (Fsp3) is 0.0312. The minimum atomic E-state index is 0.760. The lowest BCUT2D eigenvalue weighted by Crippen LogP contribution is -1.97. The lowest BCUT2D eigenvalue weighted by Gasteiger charge is -2.18. The summed E-state index contributed by atoms with van der Waals surface area (Å²) in [5, 5.41) is 0. The molecule has 0 aliphatic carbocycles. The average molecular weight is 851 g/mol. The Morgan fingerprint density at radius 1 is 0.258 bits per heavy atom. The van der Waals surface area contributed by atoms with Gasteiger partial charge >= 0.3 is 0 Å². The van der Waals surface area contributed by atoms with Crippen molar-refractivity contribution in [2.45, 2.75) is 0 Å². The van der Waals surface area contributed by atoms with Gasteiger partial charge in [-0.1, -0.05) is 255 Å². The molecule has 0 aromatic heterocycles. The van der Waals surface area contributed by atoms with Gasteiger partial charge in [0.2, 0.25) is 0 Å². The van der Waals surface area contributed by atoms with Gasteiger partial charge in [0.05, 0.1) is 14.2 Å². The number of ether oxygens (including phenoxy) is 2. The standard InChI is InChI=1S/C64H50O2/c1-65-59-45-58(44-38-48-35-41-56(42-36-48)64(54-31-19-8-20-32-54)62(51-25-13-5-14-26-51)52-27-15-6-16-28-52)60(66-2)46-57(59)43-37-47-33-39-55(40-34-47)63(53-29-17-7-18-30-53)61(49-21-9-3-10-22-49)50-23-11-4-12-24-50/h3-46H,1-2H3/b43-37+,44-38+. The lowest BCUT2D eigenvalue weighted by molar-refractivity contribution is 0.401. The predicted octanol–water partition coefficient (Wildman–Crippen LogP) is 16.1. The summed E-state index contributed by atoms with van der Waals surface area (Å²) in [5.41, 5.74) is 18.1. The zero-order valence-corrected chi connectivity index (χ0v) is 37.2. The Morgan fingerprint density at radius 3 is 0.682 bits per heavy atom. The molecule has 0 saturated heterocycles. The molecule has 9 rings (SSSR count). The van der Waals surface area contributed by atoms with Crippen LogP contribution < -0.4 is 9.47 Å². The van der Waals surface area contributed by atoms with Crippen molar-refractivity contribution >= 4 is 46.6 Å². The summed E-state index contributed by atoms with van der Waals surface area (Å²) in [6.45, 7) is 0. The smallest absolute Gasteiger partial charge is 0.126 e. The van der Waals surface area contributed by atoms with Gasteiger partial charge in [-0.3, -0.25) is 0 Å². The highest BCUT2D eigenvalue weighted by atomic mass is 16.5. The second kappa shape index (κ2) is 20.8. The van der Waals surface area contributed by atoms with Crippen molar-refractivity contribution in [3.63, 3.8) is 0 Å². The van der Waals surface area contributed by atoms with Crippen LogP contribution in [0.25, 0.3) is 46.6 Å². The highest BCUT2D eigenvalue weighted by Gasteiger charge is 2.18. The first-order chi connectivity index (χ1) is 32.7. The van der Waals surface area contributed by atoms with Crippen molar-refractivity contribution in [1.29, 1.82) is 0 Å². The molecule has 0 amide bonds. The van der Waals surface area contributed by atoms with Gasteiger partial charge in [0.1, 0.15) is 11.5 Å². The van der Waals surface area contributed by atoms with Gasteiger partial charge in [-0.15, -0.1) is 0 Å². The molecule has 0 aliphatic heterocycles. The van der Waals surface area contributed by atoms with Crippen LogP contribution in [0, 0.1) is 0 Å². The minimum absolute atomic E-state index is 0.760. The van der Waals surface area contributed by atoms with E-state index in [1.165, 1.54) is 44.5 Å².